The second kappa shape index (κ2) is 6.39. The van der Waals surface area contributed by atoms with Crippen molar-refractivity contribution in [1.29, 1.82) is 0 Å². The number of amides is 1. The molecule has 2 heterocycles. The predicted octanol–water partition coefficient (Wildman–Crippen LogP) is 2.00. The zero-order chi connectivity index (χ0) is 15.6. The number of hydrogen-bond donors (Lipinski definition) is 0. The molecule has 1 aromatic carbocycles. The third-order valence-corrected chi connectivity index (χ3v) is 5.34. The monoisotopic (exact) mass is 302 g/mol. The molecule has 1 amide bonds. The van der Waals surface area contributed by atoms with Gasteiger partial charge in [-0.3, -0.25) is 9.69 Å². The molecule has 2 fully saturated rings. The van der Waals surface area contributed by atoms with Gasteiger partial charge in [-0.05, 0) is 17.9 Å². The third kappa shape index (κ3) is 2.77. The highest BCUT2D eigenvalue weighted by atomic mass is 16.5. The highest BCUT2D eigenvalue weighted by molar-refractivity contribution is 5.86. The molecule has 2 saturated heterocycles. The molecular formula is C18H26N2O2. The van der Waals surface area contributed by atoms with Crippen molar-refractivity contribution in [2.75, 3.05) is 39.9 Å². The van der Waals surface area contributed by atoms with Crippen LogP contribution in [0.1, 0.15) is 18.9 Å². The van der Waals surface area contributed by atoms with E-state index in [1.165, 1.54) is 5.56 Å². The first-order chi connectivity index (χ1) is 10.7. The molecule has 0 aliphatic carbocycles. The number of methoxy groups -OCH3 is 1. The molecule has 2 aliphatic rings. The summed E-state index contributed by atoms with van der Waals surface area (Å²) in [4.78, 5) is 17.3. The maximum Gasteiger partial charge on any atom is 0.230 e. The minimum absolute atomic E-state index is 0.164. The van der Waals surface area contributed by atoms with Gasteiger partial charge in [0.15, 0.2) is 0 Å². The number of ether oxygens (including phenoxy) is 1. The van der Waals surface area contributed by atoms with Crippen molar-refractivity contribution >= 4 is 5.91 Å². The van der Waals surface area contributed by atoms with Gasteiger partial charge < -0.3 is 9.64 Å². The van der Waals surface area contributed by atoms with Gasteiger partial charge in [-0.1, -0.05) is 37.3 Å². The van der Waals surface area contributed by atoms with E-state index in [2.05, 4.69) is 36.1 Å². The second-order valence-electron chi connectivity index (χ2n) is 6.75. The molecule has 0 unspecified atom stereocenters. The van der Waals surface area contributed by atoms with Crippen LogP contribution in [0.2, 0.25) is 0 Å². The van der Waals surface area contributed by atoms with Crippen LogP contribution in [0, 0.1) is 11.3 Å². The lowest BCUT2D eigenvalue weighted by molar-refractivity contribution is -0.137. The van der Waals surface area contributed by atoms with Crippen molar-refractivity contribution in [3.63, 3.8) is 0 Å². The summed E-state index contributed by atoms with van der Waals surface area (Å²) in [5.74, 6) is 0.767. The van der Waals surface area contributed by atoms with Crippen molar-refractivity contribution in [1.82, 2.24) is 9.80 Å². The second-order valence-corrected chi connectivity index (χ2v) is 6.75. The van der Waals surface area contributed by atoms with Crippen LogP contribution in [0.25, 0.3) is 0 Å². The van der Waals surface area contributed by atoms with Crippen molar-refractivity contribution < 1.29 is 9.53 Å². The summed E-state index contributed by atoms with van der Waals surface area (Å²) in [7, 11) is 1.69. The Morgan fingerprint density at radius 3 is 2.82 bits per heavy atom. The first-order valence-electron chi connectivity index (χ1n) is 8.20. The summed E-state index contributed by atoms with van der Waals surface area (Å²) < 4.78 is 5.13. The summed E-state index contributed by atoms with van der Waals surface area (Å²) in [6, 6.07) is 10.5. The molecule has 4 heteroatoms. The van der Waals surface area contributed by atoms with Crippen LogP contribution in [0.3, 0.4) is 0 Å². The van der Waals surface area contributed by atoms with Gasteiger partial charge in [0.2, 0.25) is 5.91 Å². The molecule has 3 rings (SSSR count). The highest BCUT2D eigenvalue weighted by Crippen LogP contribution is 2.44. The molecule has 2 aliphatic heterocycles. The van der Waals surface area contributed by atoms with Crippen LogP contribution in [-0.2, 0) is 16.1 Å². The molecule has 0 radical (unpaired) electrons. The Morgan fingerprint density at radius 1 is 1.32 bits per heavy atom. The van der Waals surface area contributed by atoms with E-state index >= 15 is 0 Å². The van der Waals surface area contributed by atoms with Crippen LogP contribution in [-0.4, -0.2) is 55.6 Å². The first kappa shape index (κ1) is 15.5. The Hall–Kier alpha value is -1.39. The number of benzene rings is 1. The van der Waals surface area contributed by atoms with E-state index in [1.54, 1.807) is 7.11 Å². The smallest absolute Gasteiger partial charge is 0.230 e. The minimum Gasteiger partial charge on any atom is -0.383 e. The maximum absolute atomic E-state index is 12.9. The van der Waals surface area contributed by atoms with Crippen LogP contribution in [0.15, 0.2) is 30.3 Å². The van der Waals surface area contributed by atoms with E-state index in [0.29, 0.717) is 18.4 Å². The Labute approximate surface area is 133 Å². The lowest BCUT2D eigenvalue weighted by atomic mass is 9.78. The third-order valence-electron chi connectivity index (χ3n) is 5.34. The molecule has 0 N–H and O–H groups in total. The van der Waals surface area contributed by atoms with Gasteiger partial charge in [-0.25, -0.2) is 0 Å². The van der Waals surface area contributed by atoms with Crippen LogP contribution >= 0.6 is 0 Å². The molecule has 0 aromatic heterocycles. The maximum atomic E-state index is 12.9. The molecule has 1 spiro atoms. The SMILES string of the molecule is COCCN1CC[C@]2(CN(Cc3ccccc3)C[C@H]2C)C1=O. The normalized spacial score (nSPS) is 28.9. The summed E-state index contributed by atoms with van der Waals surface area (Å²) in [6.45, 7) is 7.32. The number of likely N-dealkylation sites (tertiary alicyclic amines) is 2. The fourth-order valence-corrected chi connectivity index (χ4v) is 4.02. The van der Waals surface area contributed by atoms with Gasteiger partial charge in [-0.15, -0.1) is 0 Å². The molecule has 0 bridgehead atoms. The number of carbonyl (C=O) groups is 1. The summed E-state index contributed by atoms with van der Waals surface area (Å²) in [5.41, 5.74) is 1.16. The fraction of sp³-hybridized carbons (Fsp3) is 0.611. The van der Waals surface area contributed by atoms with Gasteiger partial charge in [0.05, 0.1) is 12.0 Å². The Bertz CT molecular complexity index is 519. The van der Waals surface area contributed by atoms with E-state index in [-0.39, 0.29) is 5.41 Å². The van der Waals surface area contributed by atoms with E-state index < -0.39 is 0 Å². The number of rotatable bonds is 5. The Kier molecular flexibility index (Phi) is 4.50. The lowest BCUT2D eigenvalue weighted by Gasteiger charge is -2.26. The zero-order valence-electron chi connectivity index (χ0n) is 13.6. The molecule has 22 heavy (non-hydrogen) atoms. The Balaban J connectivity index is 1.67. The number of carbonyl (C=O) groups excluding carboxylic acids is 1. The van der Waals surface area contributed by atoms with Gasteiger partial charge >= 0.3 is 0 Å². The first-order valence-corrected chi connectivity index (χ1v) is 8.20. The van der Waals surface area contributed by atoms with Crippen LogP contribution in [0.5, 0.6) is 0 Å². The molecule has 120 valence electrons. The standard InChI is InChI=1S/C18H26N2O2/c1-15-12-19(13-16-6-4-3-5-7-16)14-18(15)8-9-20(17(18)21)10-11-22-2/h3-7,15H,8-14H2,1-2H3/t15-,18-/m1/s1. The van der Waals surface area contributed by atoms with E-state index in [4.69, 9.17) is 4.74 Å². The topological polar surface area (TPSA) is 32.8 Å². The summed E-state index contributed by atoms with van der Waals surface area (Å²) >= 11 is 0. The van der Waals surface area contributed by atoms with Crippen molar-refractivity contribution in [3.8, 4) is 0 Å². The average Bonchev–Trinajstić information content (AvgIpc) is 3.00. The van der Waals surface area contributed by atoms with Gasteiger partial charge in [0.1, 0.15) is 0 Å². The van der Waals surface area contributed by atoms with Crippen molar-refractivity contribution in [2.24, 2.45) is 11.3 Å². The molecule has 4 nitrogen and oxygen atoms in total. The van der Waals surface area contributed by atoms with Crippen molar-refractivity contribution in [2.45, 2.75) is 19.9 Å². The van der Waals surface area contributed by atoms with Gasteiger partial charge in [0.25, 0.3) is 0 Å². The minimum atomic E-state index is -0.164. The van der Waals surface area contributed by atoms with Crippen molar-refractivity contribution in [3.05, 3.63) is 35.9 Å². The summed E-state index contributed by atoms with van der Waals surface area (Å²) in [6.07, 6.45) is 0.988. The fourth-order valence-electron chi connectivity index (χ4n) is 4.02. The lowest BCUT2D eigenvalue weighted by Crippen LogP contribution is -2.40. The molecule has 1 aromatic rings. The van der Waals surface area contributed by atoms with E-state index in [9.17, 15) is 4.79 Å². The quantitative estimate of drug-likeness (QED) is 0.834. The average molecular weight is 302 g/mol. The highest BCUT2D eigenvalue weighted by Gasteiger charge is 2.54. The molecule has 0 saturated carbocycles. The number of nitrogens with zero attached hydrogens (tertiary/aromatic N) is 2. The molecule has 2 atom stereocenters. The predicted molar refractivity (Wildman–Crippen MR) is 86.4 cm³/mol. The molecular weight excluding hydrogens is 276 g/mol. The van der Waals surface area contributed by atoms with Gasteiger partial charge in [0, 0.05) is 39.8 Å². The largest absolute Gasteiger partial charge is 0.383 e. The zero-order valence-corrected chi connectivity index (χ0v) is 13.6. The van der Waals surface area contributed by atoms with Crippen LogP contribution in [0.4, 0.5) is 0 Å². The Morgan fingerprint density at radius 2 is 2.09 bits per heavy atom. The van der Waals surface area contributed by atoms with E-state index in [0.717, 1.165) is 39.1 Å². The summed E-state index contributed by atoms with van der Waals surface area (Å²) in [5, 5.41) is 0. The van der Waals surface area contributed by atoms with E-state index in [1.807, 2.05) is 11.0 Å². The van der Waals surface area contributed by atoms with Gasteiger partial charge in [-0.2, -0.15) is 0 Å². The number of hydrogen-bond acceptors (Lipinski definition) is 3. The van der Waals surface area contributed by atoms with Crippen LogP contribution < -0.4 is 0 Å².